The van der Waals surface area contributed by atoms with Crippen LogP contribution < -0.4 is 16.0 Å². The zero-order valence-electron chi connectivity index (χ0n) is 16.0. The van der Waals surface area contributed by atoms with Crippen LogP contribution in [0.3, 0.4) is 0 Å². The number of hydrogen-bond donors (Lipinski definition) is 4. The third-order valence-corrected chi connectivity index (χ3v) is 3.96. The Bertz CT molecular complexity index is 901. The lowest BCUT2D eigenvalue weighted by Crippen LogP contribution is -2.51. The Morgan fingerprint density at radius 3 is 2.38 bits per heavy atom. The summed E-state index contributed by atoms with van der Waals surface area (Å²) < 4.78 is 0. The van der Waals surface area contributed by atoms with Crippen LogP contribution in [0.2, 0.25) is 0 Å². The van der Waals surface area contributed by atoms with Crippen molar-refractivity contribution in [1.82, 2.24) is 15.6 Å². The Balaban J connectivity index is 2.19. The van der Waals surface area contributed by atoms with Gasteiger partial charge in [-0.25, -0.2) is 4.98 Å². The van der Waals surface area contributed by atoms with Crippen molar-refractivity contribution in [3.8, 4) is 0 Å². The third kappa shape index (κ3) is 6.73. The first kappa shape index (κ1) is 21.5. The van der Waals surface area contributed by atoms with Gasteiger partial charge in [-0.1, -0.05) is 30.3 Å². The van der Waals surface area contributed by atoms with Crippen molar-refractivity contribution in [1.29, 1.82) is 0 Å². The molecule has 0 bridgehead atoms. The maximum Gasteiger partial charge on any atom is 0.325 e. The summed E-state index contributed by atoms with van der Waals surface area (Å²) in [5.41, 5.74) is 0.991. The summed E-state index contributed by atoms with van der Waals surface area (Å²) in [6, 6.07) is 9.75. The predicted molar refractivity (Wildman–Crippen MR) is 105 cm³/mol. The molecule has 152 valence electrons. The molecule has 0 radical (unpaired) electrons. The van der Waals surface area contributed by atoms with Gasteiger partial charge in [-0.2, -0.15) is 0 Å². The second-order valence-electron chi connectivity index (χ2n) is 6.40. The Morgan fingerprint density at radius 2 is 1.76 bits per heavy atom. The highest BCUT2D eigenvalue weighted by Crippen LogP contribution is 2.09. The van der Waals surface area contributed by atoms with E-state index in [0.29, 0.717) is 0 Å². The minimum absolute atomic E-state index is 0.175. The number of nitrogens with one attached hydrogen (secondary N) is 3. The van der Waals surface area contributed by atoms with Gasteiger partial charge in [-0.3, -0.25) is 19.2 Å². The average molecular weight is 398 g/mol. The quantitative estimate of drug-likeness (QED) is 0.523. The number of rotatable bonds is 8. The molecule has 29 heavy (non-hydrogen) atoms. The van der Waals surface area contributed by atoms with Gasteiger partial charge in [0.25, 0.3) is 5.91 Å². The summed E-state index contributed by atoms with van der Waals surface area (Å²) in [4.78, 5) is 51.4. The largest absolute Gasteiger partial charge is 0.480 e. The molecule has 4 N–H and O–H groups in total. The van der Waals surface area contributed by atoms with Gasteiger partial charge in [0.05, 0.1) is 0 Å². The highest BCUT2D eigenvalue weighted by Gasteiger charge is 2.25. The summed E-state index contributed by atoms with van der Waals surface area (Å²) in [5.74, 6) is -2.49. The zero-order chi connectivity index (χ0) is 21.4. The molecule has 9 nitrogen and oxygen atoms in total. The van der Waals surface area contributed by atoms with Gasteiger partial charge in [0.15, 0.2) is 0 Å². The Kier molecular flexibility index (Phi) is 7.41. The van der Waals surface area contributed by atoms with Crippen LogP contribution in [-0.4, -0.2) is 45.9 Å². The number of hydrogen-bond acceptors (Lipinski definition) is 5. The van der Waals surface area contributed by atoms with Gasteiger partial charge in [0, 0.05) is 25.1 Å². The second-order valence-corrected chi connectivity index (χ2v) is 6.40. The lowest BCUT2D eigenvalue weighted by molar-refractivity contribution is -0.141. The molecule has 1 aromatic carbocycles. The summed E-state index contributed by atoms with van der Waals surface area (Å²) in [6.07, 6.45) is 1.54. The van der Waals surface area contributed by atoms with Crippen LogP contribution in [-0.2, 0) is 20.8 Å². The van der Waals surface area contributed by atoms with Gasteiger partial charge >= 0.3 is 5.97 Å². The van der Waals surface area contributed by atoms with E-state index in [1.54, 1.807) is 24.3 Å². The molecule has 0 aliphatic carbocycles. The van der Waals surface area contributed by atoms with Crippen LogP contribution in [0, 0.1) is 0 Å². The first-order valence-electron chi connectivity index (χ1n) is 8.88. The number of carboxylic acid groups (broad SMARTS) is 1. The van der Waals surface area contributed by atoms with Gasteiger partial charge in [-0.05, 0) is 24.6 Å². The van der Waals surface area contributed by atoms with Crippen molar-refractivity contribution in [2.24, 2.45) is 0 Å². The number of carbonyl (C=O) groups excluding carboxylic acids is 3. The molecule has 1 aromatic heterocycles. The minimum atomic E-state index is -1.18. The average Bonchev–Trinajstić information content (AvgIpc) is 2.67. The second kappa shape index (κ2) is 9.98. The van der Waals surface area contributed by atoms with Crippen LogP contribution in [0.5, 0.6) is 0 Å². The van der Waals surface area contributed by atoms with E-state index in [0.717, 1.165) is 5.56 Å². The molecule has 0 spiro atoms. The molecular formula is C20H22N4O5. The van der Waals surface area contributed by atoms with Crippen LogP contribution in [0.4, 0.5) is 5.82 Å². The van der Waals surface area contributed by atoms with Crippen molar-refractivity contribution in [3.63, 3.8) is 0 Å². The lowest BCUT2D eigenvalue weighted by atomic mass is 10.0. The summed E-state index contributed by atoms with van der Waals surface area (Å²) in [6.45, 7) is 2.66. The number of aliphatic carboxylic acids is 1. The van der Waals surface area contributed by atoms with Crippen molar-refractivity contribution in [2.45, 2.75) is 32.4 Å². The van der Waals surface area contributed by atoms with Gasteiger partial charge < -0.3 is 21.1 Å². The molecule has 2 aromatic rings. The van der Waals surface area contributed by atoms with E-state index in [9.17, 15) is 19.2 Å². The molecule has 1 heterocycles. The number of nitrogens with zero attached hydrogens (tertiary/aromatic N) is 1. The van der Waals surface area contributed by atoms with E-state index in [1.807, 2.05) is 6.07 Å². The fourth-order valence-electron chi connectivity index (χ4n) is 2.50. The van der Waals surface area contributed by atoms with E-state index in [2.05, 4.69) is 20.9 Å². The maximum absolute atomic E-state index is 12.7. The topological polar surface area (TPSA) is 137 Å². The highest BCUT2D eigenvalue weighted by molar-refractivity contribution is 5.99. The van der Waals surface area contributed by atoms with E-state index in [-0.39, 0.29) is 23.7 Å². The van der Waals surface area contributed by atoms with Gasteiger partial charge in [-0.15, -0.1) is 0 Å². The first-order chi connectivity index (χ1) is 13.8. The molecule has 2 rings (SSSR count). The Morgan fingerprint density at radius 1 is 1.07 bits per heavy atom. The Hall–Kier alpha value is -3.75. The number of benzene rings is 1. The number of carbonyl (C=O) groups is 4. The van der Waals surface area contributed by atoms with Crippen LogP contribution >= 0.6 is 0 Å². The minimum Gasteiger partial charge on any atom is -0.480 e. The first-order valence-corrected chi connectivity index (χ1v) is 8.88. The van der Waals surface area contributed by atoms with Crippen molar-refractivity contribution in [3.05, 3.63) is 59.8 Å². The SMILES string of the molecule is CC(=O)Nc1cc(C(=O)NC(Cc2ccccc2)C(=O)NC(C)C(=O)O)ccn1. The van der Waals surface area contributed by atoms with Gasteiger partial charge in [0.2, 0.25) is 11.8 Å². The van der Waals surface area contributed by atoms with Crippen LogP contribution in [0.15, 0.2) is 48.7 Å². The normalized spacial score (nSPS) is 12.3. The molecule has 2 atom stereocenters. The monoisotopic (exact) mass is 398 g/mol. The number of pyridine rings is 1. The molecular weight excluding hydrogens is 376 g/mol. The van der Waals surface area contributed by atoms with Crippen LogP contribution in [0.25, 0.3) is 0 Å². The zero-order valence-corrected chi connectivity index (χ0v) is 16.0. The standard InChI is InChI=1S/C20H22N4O5/c1-12(20(28)29)22-19(27)16(10-14-6-4-3-5-7-14)24-18(26)15-8-9-21-17(11-15)23-13(2)25/h3-9,11-12,16H,10H2,1-2H3,(H,22,27)(H,24,26)(H,28,29)(H,21,23,25). The molecule has 0 aliphatic heterocycles. The van der Waals surface area contributed by atoms with Crippen molar-refractivity contribution >= 4 is 29.5 Å². The lowest BCUT2D eigenvalue weighted by Gasteiger charge is -2.20. The number of anilines is 1. The van der Waals surface area contributed by atoms with E-state index < -0.39 is 29.9 Å². The smallest absolute Gasteiger partial charge is 0.325 e. The fourth-order valence-corrected chi connectivity index (χ4v) is 2.50. The molecule has 0 saturated heterocycles. The summed E-state index contributed by atoms with van der Waals surface area (Å²) in [5, 5.41) is 16.5. The van der Waals surface area contributed by atoms with Crippen molar-refractivity contribution in [2.75, 3.05) is 5.32 Å². The Labute approximate surface area is 167 Å². The third-order valence-electron chi connectivity index (χ3n) is 3.96. The number of amides is 3. The molecule has 0 saturated carbocycles. The summed E-state index contributed by atoms with van der Waals surface area (Å²) >= 11 is 0. The number of carboxylic acids is 1. The highest BCUT2D eigenvalue weighted by atomic mass is 16.4. The fraction of sp³-hybridized carbons (Fsp3) is 0.250. The number of aromatic nitrogens is 1. The molecule has 3 amide bonds. The van der Waals surface area contributed by atoms with E-state index >= 15 is 0 Å². The predicted octanol–water partition coefficient (Wildman–Crippen LogP) is 0.970. The molecule has 0 aliphatic rings. The molecule has 2 unspecified atom stereocenters. The summed E-state index contributed by atoms with van der Waals surface area (Å²) in [7, 11) is 0. The van der Waals surface area contributed by atoms with Gasteiger partial charge in [0.1, 0.15) is 17.9 Å². The maximum atomic E-state index is 12.7. The molecule has 9 heteroatoms. The van der Waals surface area contributed by atoms with Crippen molar-refractivity contribution < 1.29 is 24.3 Å². The van der Waals surface area contributed by atoms with Crippen LogP contribution in [0.1, 0.15) is 29.8 Å². The van der Waals surface area contributed by atoms with E-state index in [1.165, 1.54) is 32.2 Å². The molecule has 0 fully saturated rings. The van der Waals surface area contributed by atoms with E-state index in [4.69, 9.17) is 5.11 Å².